The van der Waals surface area contributed by atoms with Crippen LogP contribution in [0.5, 0.6) is 5.75 Å². The zero-order chi connectivity index (χ0) is 33.2. The van der Waals surface area contributed by atoms with Gasteiger partial charge in [0.05, 0.1) is 11.6 Å². The Hall–Kier alpha value is -4.59. The van der Waals surface area contributed by atoms with Crippen LogP contribution in [0.2, 0.25) is 0 Å². The zero-order valence-electron chi connectivity index (χ0n) is 25.2. The van der Waals surface area contributed by atoms with Crippen molar-refractivity contribution < 1.29 is 48.7 Å². The zero-order valence-corrected chi connectivity index (χ0v) is 25.2. The summed E-state index contributed by atoms with van der Waals surface area (Å²) in [7, 11) is 3.05. The molecule has 1 heterocycles. The highest BCUT2D eigenvalue weighted by Gasteiger charge is 2.64. The molecule has 3 unspecified atom stereocenters. The molecular weight excluding hydrogens is 601 g/mol. The second-order valence-electron chi connectivity index (χ2n) is 12.5. The smallest absolute Gasteiger partial charge is 0.255 e. The second-order valence-corrected chi connectivity index (χ2v) is 12.5. The van der Waals surface area contributed by atoms with E-state index < -0.39 is 75.7 Å². The molecule has 0 radical (unpaired) electrons. The van der Waals surface area contributed by atoms with E-state index in [-0.39, 0.29) is 42.0 Å². The number of nitrogens with zero attached hydrogens (tertiary/aromatic N) is 1. The summed E-state index contributed by atoms with van der Waals surface area (Å²) in [6, 6.07) is 5.96. The number of carbonyl (C=O) groups excluding carboxylic acids is 4. The molecule has 0 bridgehead atoms. The lowest BCUT2D eigenvalue weighted by Crippen LogP contribution is -2.65. The first kappa shape index (κ1) is 31.4. The number of halogens is 1. The summed E-state index contributed by atoms with van der Waals surface area (Å²) in [5.74, 6) is -8.44. The monoisotopic (exact) mass is 635 g/mol. The van der Waals surface area contributed by atoms with Gasteiger partial charge < -0.3 is 36.2 Å². The lowest BCUT2D eigenvalue weighted by atomic mass is 9.57. The van der Waals surface area contributed by atoms with Crippen LogP contribution in [0.4, 0.5) is 4.39 Å². The lowest BCUT2D eigenvalue weighted by molar-refractivity contribution is -0.153. The van der Waals surface area contributed by atoms with Crippen molar-refractivity contribution in [1.82, 2.24) is 10.2 Å². The first-order valence-electron chi connectivity index (χ1n) is 14.9. The minimum Gasteiger partial charge on any atom is -0.508 e. The number of amides is 2. The number of benzene rings is 2. The molecule has 5 atom stereocenters. The van der Waals surface area contributed by atoms with Crippen LogP contribution >= 0.6 is 0 Å². The van der Waals surface area contributed by atoms with Crippen LogP contribution in [-0.2, 0) is 36.9 Å². The summed E-state index contributed by atoms with van der Waals surface area (Å²) in [5, 5.41) is 48.9. The summed E-state index contributed by atoms with van der Waals surface area (Å²) in [5.41, 5.74) is 2.94. The molecule has 242 valence electrons. The summed E-state index contributed by atoms with van der Waals surface area (Å²) >= 11 is 0. The molecule has 12 nitrogen and oxygen atoms in total. The number of ketones is 2. The van der Waals surface area contributed by atoms with Crippen LogP contribution < -0.4 is 11.1 Å². The van der Waals surface area contributed by atoms with E-state index in [1.165, 1.54) is 43.3 Å². The van der Waals surface area contributed by atoms with Gasteiger partial charge in [0, 0.05) is 30.2 Å². The van der Waals surface area contributed by atoms with E-state index in [0.717, 1.165) is 6.42 Å². The number of aliphatic hydroxyl groups excluding tert-OH is 2. The van der Waals surface area contributed by atoms with Gasteiger partial charge in [0.1, 0.15) is 34.8 Å². The average molecular weight is 636 g/mol. The Morgan fingerprint density at radius 2 is 1.85 bits per heavy atom. The fourth-order valence-electron chi connectivity index (χ4n) is 7.47. The second kappa shape index (κ2) is 11.3. The van der Waals surface area contributed by atoms with Crippen molar-refractivity contribution in [1.29, 1.82) is 0 Å². The number of fused-ring (bicyclic) bond motifs is 3. The summed E-state index contributed by atoms with van der Waals surface area (Å²) in [6.45, 7) is 0.284. The number of aliphatic hydroxyl groups is 3. The number of phenols is 1. The Morgan fingerprint density at radius 1 is 1.15 bits per heavy atom. The Bertz CT molecular complexity index is 1740. The van der Waals surface area contributed by atoms with Crippen molar-refractivity contribution in [3.63, 3.8) is 0 Å². The molecule has 1 saturated heterocycles. The van der Waals surface area contributed by atoms with Crippen molar-refractivity contribution in [3.05, 3.63) is 69.7 Å². The number of rotatable bonds is 6. The number of phenolic OH excluding ortho intramolecular Hbond substituents is 1. The van der Waals surface area contributed by atoms with Crippen molar-refractivity contribution >= 4 is 29.1 Å². The van der Waals surface area contributed by atoms with Gasteiger partial charge in [-0.05, 0) is 80.6 Å². The normalized spacial score (nSPS) is 27.4. The number of aromatic hydroxyl groups is 1. The fourth-order valence-corrected chi connectivity index (χ4v) is 7.47. The van der Waals surface area contributed by atoms with Gasteiger partial charge in [-0.1, -0.05) is 12.1 Å². The van der Waals surface area contributed by atoms with Crippen molar-refractivity contribution in [3.8, 4) is 16.9 Å². The van der Waals surface area contributed by atoms with Gasteiger partial charge in [-0.3, -0.25) is 24.1 Å². The standard InChI is InChI=1S/C33H34FN3O9/c1-37(2)25-20-12-15-10-19-18(14-5-7-17(34)8-6-14)11-16(13-36-32(44)21-4-3-9-46-21)26(38)23(19)27(39)22(15)29(41)33(20,45)30(42)24(28(25)40)31(35)43/h5-8,11,15,20-21,25,38-39,42,45H,3-4,9-10,12-13H2,1-2H3,(H2,35,43)(H,36,44)/t15?,20?,21?,25-,33-/m0/s1. The van der Waals surface area contributed by atoms with Crippen molar-refractivity contribution in [2.24, 2.45) is 17.6 Å². The molecule has 46 heavy (non-hydrogen) atoms. The molecule has 6 rings (SSSR count). The predicted molar refractivity (Wildman–Crippen MR) is 160 cm³/mol. The Morgan fingerprint density at radius 3 is 2.46 bits per heavy atom. The summed E-state index contributed by atoms with van der Waals surface area (Å²) in [6.07, 6.45) is 0.616. The Kier molecular flexibility index (Phi) is 7.74. The maximum atomic E-state index is 14.2. The van der Waals surface area contributed by atoms with E-state index in [2.05, 4.69) is 5.32 Å². The van der Waals surface area contributed by atoms with Crippen LogP contribution in [0.15, 0.2) is 47.2 Å². The molecule has 2 aromatic carbocycles. The highest BCUT2D eigenvalue weighted by Crippen LogP contribution is 2.54. The first-order valence-corrected chi connectivity index (χ1v) is 14.9. The Labute approximate surface area is 263 Å². The highest BCUT2D eigenvalue weighted by atomic mass is 19.1. The SMILES string of the molecule is CN(C)[C@@H]1C(=O)C(C(N)=O)=C(O)[C@@]2(O)C(=O)C3=C(O)c4c(O)c(CNC(=O)C5CCCO5)cc(-c5ccc(F)cc5)c4CC3CC12. The molecule has 2 aromatic rings. The predicted octanol–water partition coefficient (Wildman–Crippen LogP) is 1.57. The van der Waals surface area contributed by atoms with E-state index in [9.17, 15) is 44.0 Å². The first-order chi connectivity index (χ1) is 21.8. The molecule has 0 spiro atoms. The van der Waals surface area contributed by atoms with Gasteiger partial charge >= 0.3 is 0 Å². The third-order valence-corrected chi connectivity index (χ3v) is 9.63. The minimum absolute atomic E-state index is 0.0529. The molecule has 7 N–H and O–H groups in total. The van der Waals surface area contributed by atoms with Crippen LogP contribution in [0.1, 0.15) is 36.0 Å². The number of primary amides is 1. The van der Waals surface area contributed by atoms with Crippen molar-refractivity contribution in [2.75, 3.05) is 20.7 Å². The van der Waals surface area contributed by atoms with Gasteiger partial charge in [0.15, 0.2) is 11.4 Å². The van der Waals surface area contributed by atoms with Gasteiger partial charge in [-0.25, -0.2) is 4.39 Å². The third kappa shape index (κ3) is 4.68. The molecule has 2 fully saturated rings. The van der Waals surface area contributed by atoms with E-state index in [0.29, 0.717) is 29.7 Å². The number of nitrogens with one attached hydrogen (secondary N) is 1. The van der Waals surface area contributed by atoms with Crippen molar-refractivity contribution in [2.45, 2.75) is 50.0 Å². The molecule has 13 heteroatoms. The lowest BCUT2D eigenvalue weighted by Gasteiger charge is -2.50. The molecule has 1 aliphatic heterocycles. The molecule has 4 aliphatic rings. The largest absolute Gasteiger partial charge is 0.508 e. The minimum atomic E-state index is -2.77. The van der Waals surface area contributed by atoms with Gasteiger partial charge in [0.2, 0.25) is 11.7 Å². The summed E-state index contributed by atoms with van der Waals surface area (Å²) in [4.78, 5) is 53.9. The number of likely N-dealkylation sites (N-methyl/N-ethyl adjacent to an activating group) is 1. The fraction of sp³-hybridized carbons (Fsp3) is 0.394. The molecule has 1 saturated carbocycles. The summed E-state index contributed by atoms with van der Waals surface area (Å²) < 4.78 is 19.3. The maximum Gasteiger partial charge on any atom is 0.255 e. The van der Waals surface area contributed by atoms with Gasteiger partial charge in [-0.15, -0.1) is 0 Å². The van der Waals surface area contributed by atoms with E-state index in [1.807, 2.05) is 0 Å². The molecule has 2 amide bonds. The van der Waals surface area contributed by atoms with Crippen LogP contribution in [0, 0.1) is 17.7 Å². The number of carbonyl (C=O) groups is 4. The van der Waals surface area contributed by atoms with Gasteiger partial charge in [-0.2, -0.15) is 0 Å². The number of nitrogens with two attached hydrogens (primary N) is 1. The quantitative estimate of drug-likeness (QED) is 0.253. The number of hydrogen-bond donors (Lipinski definition) is 6. The maximum absolute atomic E-state index is 14.2. The van der Waals surface area contributed by atoms with E-state index >= 15 is 0 Å². The number of hydrogen-bond acceptors (Lipinski definition) is 10. The molecular formula is C33H34FN3O9. The van der Waals surface area contributed by atoms with Crippen LogP contribution in [-0.4, -0.2) is 87.2 Å². The third-order valence-electron chi connectivity index (χ3n) is 9.63. The number of ether oxygens (including phenoxy) is 1. The molecule has 3 aliphatic carbocycles. The van der Waals surface area contributed by atoms with E-state index in [4.69, 9.17) is 10.5 Å². The van der Waals surface area contributed by atoms with E-state index in [1.54, 1.807) is 6.07 Å². The van der Waals surface area contributed by atoms with Crippen LogP contribution in [0.3, 0.4) is 0 Å². The molecule has 0 aromatic heterocycles. The highest BCUT2D eigenvalue weighted by molar-refractivity contribution is 6.24. The van der Waals surface area contributed by atoms with Crippen LogP contribution in [0.25, 0.3) is 16.9 Å². The van der Waals surface area contributed by atoms with Gasteiger partial charge in [0.25, 0.3) is 5.91 Å². The number of Topliss-reactive ketones (excluding diaryl/α,β-unsaturated/α-hetero) is 2. The Balaban J connectivity index is 1.52. The topological polar surface area (TPSA) is 200 Å². The average Bonchev–Trinajstić information content (AvgIpc) is 3.54.